The molecule has 0 amide bonds. The highest BCUT2D eigenvalue weighted by Crippen LogP contribution is 2.26. The lowest BCUT2D eigenvalue weighted by Crippen LogP contribution is -2.18. The van der Waals surface area contributed by atoms with Crippen molar-refractivity contribution >= 4 is 17.4 Å². The van der Waals surface area contributed by atoms with Crippen molar-refractivity contribution in [1.82, 2.24) is 9.97 Å². The quantitative estimate of drug-likeness (QED) is 0.792. The van der Waals surface area contributed by atoms with Crippen LogP contribution in [0, 0.1) is 0 Å². The average molecular weight is 200 g/mol. The van der Waals surface area contributed by atoms with Gasteiger partial charge in [-0.15, -0.1) is 0 Å². The Morgan fingerprint density at radius 1 is 1.46 bits per heavy atom. The Morgan fingerprint density at radius 2 is 2.15 bits per heavy atom. The van der Waals surface area contributed by atoms with E-state index in [1.807, 2.05) is 0 Å². The second kappa shape index (κ2) is 3.58. The van der Waals surface area contributed by atoms with Gasteiger partial charge in [-0.05, 0) is 12.8 Å². The SMILES string of the molecule is CCc1nc(N2CCCC2)c(Cl)[nH]1. The molecule has 0 spiro atoms. The van der Waals surface area contributed by atoms with Gasteiger partial charge in [0.15, 0.2) is 11.0 Å². The molecule has 4 heteroatoms. The van der Waals surface area contributed by atoms with E-state index in [0.29, 0.717) is 5.15 Å². The molecular formula is C9H14ClN3. The van der Waals surface area contributed by atoms with Crippen LogP contribution in [0.15, 0.2) is 0 Å². The van der Waals surface area contributed by atoms with Crippen LogP contribution in [-0.4, -0.2) is 23.1 Å². The van der Waals surface area contributed by atoms with E-state index in [4.69, 9.17) is 11.6 Å². The number of nitrogens with zero attached hydrogens (tertiary/aromatic N) is 2. The van der Waals surface area contributed by atoms with Crippen LogP contribution in [0.5, 0.6) is 0 Å². The van der Waals surface area contributed by atoms with E-state index in [0.717, 1.165) is 31.2 Å². The summed E-state index contributed by atoms with van der Waals surface area (Å²) in [5.74, 6) is 1.92. The largest absolute Gasteiger partial charge is 0.354 e. The smallest absolute Gasteiger partial charge is 0.166 e. The number of anilines is 1. The molecule has 0 bridgehead atoms. The second-order valence-corrected chi connectivity index (χ2v) is 3.75. The maximum absolute atomic E-state index is 6.04. The van der Waals surface area contributed by atoms with Crippen LogP contribution >= 0.6 is 11.6 Å². The zero-order valence-corrected chi connectivity index (χ0v) is 8.56. The third-order valence-corrected chi connectivity index (χ3v) is 2.70. The molecule has 0 atom stereocenters. The highest BCUT2D eigenvalue weighted by Gasteiger charge is 2.18. The van der Waals surface area contributed by atoms with Crippen LogP contribution in [0.2, 0.25) is 5.15 Å². The zero-order chi connectivity index (χ0) is 9.26. The summed E-state index contributed by atoms with van der Waals surface area (Å²) in [5, 5.41) is 0.693. The van der Waals surface area contributed by atoms with E-state index in [1.54, 1.807) is 0 Å². The van der Waals surface area contributed by atoms with Crippen molar-refractivity contribution in [2.24, 2.45) is 0 Å². The number of imidazole rings is 1. The number of aromatic nitrogens is 2. The topological polar surface area (TPSA) is 31.9 Å². The number of aromatic amines is 1. The Hall–Kier alpha value is -0.700. The van der Waals surface area contributed by atoms with E-state index in [9.17, 15) is 0 Å². The summed E-state index contributed by atoms with van der Waals surface area (Å²) in [7, 11) is 0. The molecule has 2 heterocycles. The summed E-state index contributed by atoms with van der Waals surface area (Å²) in [4.78, 5) is 9.78. The van der Waals surface area contributed by atoms with Crippen LogP contribution in [0.25, 0.3) is 0 Å². The van der Waals surface area contributed by atoms with Crippen molar-refractivity contribution in [2.75, 3.05) is 18.0 Å². The molecule has 1 N–H and O–H groups in total. The molecule has 0 aliphatic carbocycles. The fourth-order valence-corrected chi connectivity index (χ4v) is 1.96. The highest BCUT2D eigenvalue weighted by molar-refractivity contribution is 6.31. The van der Waals surface area contributed by atoms with Gasteiger partial charge in [-0.25, -0.2) is 4.98 Å². The standard InChI is InChI=1S/C9H14ClN3/c1-2-7-11-8(10)9(12-7)13-5-3-4-6-13/h2-6H2,1H3,(H,11,12). The van der Waals surface area contributed by atoms with E-state index >= 15 is 0 Å². The summed E-state index contributed by atoms with van der Waals surface area (Å²) in [6, 6.07) is 0. The van der Waals surface area contributed by atoms with E-state index < -0.39 is 0 Å². The third-order valence-electron chi connectivity index (χ3n) is 2.43. The Balaban J connectivity index is 2.22. The van der Waals surface area contributed by atoms with Gasteiger partial charge in [0.05, 0.1) is 0 Å². The lowest BCUT2D eigenvalue weighted by Gasteiger charge is -2.13. The molecule has 72 valence electrons. The zero-order valence-electron chi connectivity index (χ0n) is 7.81. The monoisotopic (exact) mass is 199 g/mol. The molecule has 1 aliphatic heterocycles. The summed E-state index contributed by atoms with van der Waals surface area (Å²) in [6.07, 6.45) is 3.42. The number of H-pyrrole nitrogens is 1. The van der Waals surface area contributed by atoms with Gasteiger partial charge in [0.25, 0.3) is 0 Å². The van der Waals surface area contributed by atoms with Gasteiger partial charge in [-0.1, -0.05) is 18.5 Å². The van der Waals surface area contributed by atoms with Crippen molar-refractivity contribution in [3.63, 3.8) is 0 Å². The maximum Gasteiger partial charge on any atom is 0.166 e. The number of hydrogen-bond donors (Lipinski definition) is 1. The van der Waals surface area contributed by atoms with Gasteiger partial charge in [0.1, 0.15) is 5.82 Å². The first-order valence-corrected chi connectivity index (χ1v) is 5.18. The minimum absolute atomic E-state index is 0.693. The molecule has 1 fully saturated rings. The third kappa shape index (κ3) is 1.66. The Kier molecular flexibility index (Phi) is 2.44. The van der Waals surface area contributed by atoms with Crippen LogP contribution < -0.4 is 4.90 Å². The molecule has 1 aromatic rings. The highest BCUT2D eigenvalue weighted by atomic mass is 35.5. The van der Waals surface area contributed by atoms with Crippen molar-refractivity contribution in [1.29, 1.82) is 0 Å². The van der Waals surface area contributed by atoms with E-state index in [2.05, 4.69) is 21.8 Å². The molecular weight excluding hydrogens is 186 g/mol. The molecule has 13 heavy (non-hydrogen) atoms. The molecule has 0 unspecified atom stereocenters. The van der Waals surface area contributed by atoms with Gasteiger partial charge in [-0.3, -0.25) is 0 Å². The van der Waals surface area contributed by atoms with Gasteiger partial charge >= 0.3 is 0 Å². The van der Waals surface area contributed by atoms with Crippen LogP contribution in [-0.2, 0) is 6.42 Å². The Labute approximate surface area is 83.1 Å². The first-order valence-electron chi connectivity index (χ1n) is 4.80. The first-order chi connectivity index (χ1) is 6.31. The lowest BCUT2D eigenvalue weighted by molar-refractivity contribution is 0.927. The summed E-state index contributed by atoms with van der Waals surface area (Å²) >= 11 is 6.04. The summed E-state index contributed by atoms with van der Waals surface area (Å²) < 4.78 is 0. The minimum Gasteiger partial charge on any atom is -0.354 e. The van der Waals surface area contributed by atoms with Gasteiger partial charge in [0.2, 0.25) is 0 Å². The van der Waals surface area contributed by atoms with Crippen molar-refractivity contribution in [2.45, 2.75) is 26.2 Å². The Bertz CT molecular complexity index is 289. The molecule has 0 radical (unpaired) electrons. The summed E-state index contributed by atoms with van der Waals surface area (Å²) in [6.45, 7) is 4.25. The summed E-state index contributed by atoms with van der Waals surface area (Å²) in [5.41, 5.74) is 0. The molecule has 1 saturated heterocycles. The second-order valence-electron chi connectivity index (χ2n) is 3.37. The molecule has 3 nitrogen and oxygen atoms in total. The number of rotatable bonds is 2. The molecule has 1 aliphatic rings. The Morgan fingerprint density at radius 3 is 2.69 bits per heavy atom. The molecule has 0 saturated carbocycles. The van der Waals surface area contributed by atoms with Gasteiger partial charge in [-0.2, -0.15) is 0 Å². The number of hydrogen-bond acceptors (Lipinski definition) is 2. The average Bonchev–Trinajstić information content (AvgIpc) is 2.72. The fourth-order valence-electron chi connectivity index (χ4n) is 1.69. The lowest BCUT2D eigenvalue weighted by atomic mass is 10.4. The first kappa shape index (κ1) is 8.88. The fraction of sp³-hybridized carbons (Fsp3) is 0.667. The molecule has 0 aromatic carbocycles. The number of aryl methyl sites for hydroxylation is 1. The number of nitrogens with one attached hydrogen (secondary N) is 1. The van der Waals surface area contributed by atoms with Crippen LogP contribution in [0.1, 0.15) is 25.6 Å². The van der Waals surface area contributed by atoms with E-state index in [1.165, 1.54) is 12.8 Å². The van der Waals surface area contributed by atoms with Crippen molar-refractivity contribution in [3.8, 4) is 0 Å². The van der Waals surface area contributed by atoms with Crippen LogP contribution in [0.3, 0.4) is 0 Å². The van der Waals surface area contributed by atoms with Crippen LogP contribution in [0.4, 0.5) is 5.82 Å². The van der Waals surface area contributed by atoms with Gasteiger partial charge in [0, 0.05) is 19.5 Å². The van der Waals surface area contributed by atoms with Crippen molar-refractivity contribution < 1.29 is 0 Å². The molecule has 2 rings (SSSR count). The number of halogens is 1. The van der Waals surface area contributed by atoms with Gasteiger partial charge < -0.3 is 9.88 Å². The molecule has 1 aromatic heterocycles. The van der Waals surface area contributed by atoms with E-state index in [-0.39, 0.29) is 0 Å². The minimum atomic E-state index is 0.693. The predicted molar refractivity (Wildman–Crippen MR) is 54.4 cm³/mol. The maximum atomic E-state index is 6.04. The van der Waals surface area contributed by atoms with Crippen molar-refractivity contribution in [3.05, 3.63) is 11.0 Å². The normalized spacial score (nSPS) is 16.9. The predicted octanol–water partition coefficient (Wildman–Crippen LogP) is 2.23.